The molecule has 11 nitrogen and oxygen atoms in total. The molecule has 0 spiro atoms. The zero-order chi connectivity index (χ0) is 27.2. The Bertz CT molecular complexity index is 1280. The molecule has 0 aromatic heterocycles. The molecule has 0 radical (unpaired) electrons. The van der Waals surface area contributed by atoms with E-state index in [1.54, 1.807) is 47.1 Å². The number of halogens is 1. The number of nitrogens with one attached hydrogen (secondary N) is 1. The number of phenols is 1. The molecule has 1 aliphatic heterocycles. The standard InChI is InChI=1S/C24H28IN3O8S/c1-16(29)24-20(35-2)6-5-7-21(24)36-13-4-3-12-26-22(31)11-9-17-8-10-18(19(30)14-17)28-27(25)23(32)15-37(28,33)34/h5-8,10,14,30H,3-4,9,11-13,15H2,1-2H3,(H,26,31). The van der Waals surface area contributed by atoms with E-state index in [4.69, 9.17) is 9.47 Å². The first-order chi connectivity index (χ1) is 17.5. The number of aryl methyl sites for hydroxylation is 1. The van der Waals surface area contributed by atoms with Gasteiger partial charge in [0, 0.05) is 13.0 Å². The molecule has 1 saturated heterocycles. The third-order valence-corrected chi connectivity index (χ3v) is 8.29. The van der Waals surface area contributed by atoms with Crippen molar-refractivity contribution in [1.82, 2.24) is 8.54 Å². The summed E-state index contributed by atoms with van der Waals surface area (Å²) >= 11 is 1.57. The number of hydrazine groups is 1. The Labute approximate surface area is 229 Å². The van der Waals surface area contributed by atoms with Gasteiger partial charge < -0.3 is 19.9 Å². The molecule has 0 atom stereocenters. The number of ketones is 1. The SMILES string of the molecule is COc1cccc(OCCCCNC(=O)CCc2ccc(N3N(I)C(=O)CS3(=O)=O)c(O)c2)c1C(C)=O. The molecule has 37 heavy (non-hydrogen) atoms. The van der Waals surface area contributed by atoms with Crippen molar-refractivity contribution in [2.24, 2.45) is 0 Å². The van der Waals surface area contributed by atoms with Crippen LogP contribution in [0.25, 0.3) is 0 Å². The van der Waals surface area contributed by atoms with Crippen molar-refractivity contribution in [3.63, 3.8) is 0 Å². The first-order valence-corrected chi connectivity index (χ1v) is 14.0. The number of sulfonamides is 1. The lowest BCUT2D eigenvalue weighted by molar-refractivity contribution is -0.122. The normalized spacial score (nSPS) is 14.5. The predicted octanol–water partition coefficient (Wildman–Crippen LogP) is 2.75. The van der Waals surface area contributed by atoms with Crippen LogP contribution in [0.15, 0.2) is 36.4 Å². The molecule has 0 unspecified atom stereocenters. The molecule has 1 fully saturated rings. The van der Waals surface area contributed by atoms with E-state index in [-0.39, 0.29) is 29.5 Å². The highest BCUT2D eigenvalue weighted by molar-refractivity contribution is 14.1. The number of aromatic hydroxyl groups is 1. The van der Waals surface area contributed by atoms with E-state index in [9.17, 15) is 27.9 Å². The minimum atomic E-state index is -3.89. The van der Waals surface area contributed by atoms with E-state index in [1.807, 2.05) is 0 Å². The number of nitrogens with zero attached hydrogens (tertiary/aromatic N) is 2. The fourth-order valence-electron chi connectivity index (χ4n) is 3.74. The van der Waals surface area contributed by atoms with Gasteiger partial charge in [-0.15, -0.1) is 0 Å². The van der Waals surface area contributed by atoms with Crippen LogP contribution in [0, 0.1) is 0 Å². The summed E-state index contributed by atoms with van der Waals surface area (Å²) < 4.78 is 37.1. The van der Waals surface area contributed by atoms with Crippen LogP contribution in [0.5, 0.6) is 17.2 Å². The third-order valence-electron chi connectivity index (χ3n) is 5.53. The average molecular weight is 645 g/mol. The molecule has 2 aromatic carbocycles. The van der Waals surface area contributed by atoms with Gasteiger partial charge in [0.1, 0.15) is 28.5 Å². The topological polar surface area (TPSA) is 143 Å². The monoisotopic (exact) mass is 645 g/mol. The average Bonchev–Trinajstić information content (AvgIpc) is 3.05. The highest BCUT2D eigenvalue weighted by Gasteiger charge is 2.42. The lowest BCUT2D eigenvalue weighted by Crippen LogP contribution is -2.33. The van der Waals surface area contributed by atoms with Crippen molar-refractivity contribution in [2.45, 2.75) is 32.6 Å². The van der Waals surface area contributed by atoms with E-state index in [0.29, 0.717) is 55.0 Å². The number of carbonyl (C=O) groups is 3. The third kappa shape index (κ3) is 7.03. The first-order valence-electron chi connectivity index (χ1n) is 11.5. The van der Waals surface area contributed by atoms with Gasteiger partial charge in [-0.05, 0) is 56.0 Å². The summed E-state index contributed by atoms with van der Waals surface area (Å²) in [7, 11) is -2.40. The van der Waals surface area contributed by atoms with Gasteiger partial charge in [0.15, 0.2) is 11.5 Å². The smallest absolute Gasteiger partial charge is 0.268 e. The van der Waals surface area contributed by atoms with Gasteiger partial charge in [-0.3, -0.25) is 14.4 Å². The predicted molar refractivity (Wildman–Crippen MR) is 144 cm³/mol. The summed E-state index contributed by atoms with van der Waals surface area (Å²) in [5.41, 5.74) is 1.02. The van der Waals surface area contributed by atoms with Gasteiger partial charge >= 0.3 is 0 Å². The van der Waals surface area contributed by atoms with E-state index in [0.717, 1.165) is 7.64 Å². The summed E-state index contributed by atoms with van der Waals surface area (Å²) in [4.78, 5) is 35.8. The van der Waals surface area contributed by atoms with Crippen LogP contribution in [0.3, 0.4) is 0 Å². The summed E-state index contributed by atoms with van der Waals surface area (Å²) in [5.74, 6) is -0.957. The summed E-state index contributed by atoms with van der Waals surface area (Å²) in [6.07, 6.45) is 1.86. The molecule has 200 valence electrons. The molecule has 0 saturated carbocycles. The molecule has 2 aromatic rings. The van der Waals surface area contributed by atoms with Gasteiger partial charge in [-0.25, -0.2) is 8.42 Å². The maximum Gasteiger partial charge on any atom is 0.268 e. The zero-order valence-electron chi connectivity index (χ0n) is 20.4. The Balaban J connectivity index is 1.41. The summed E-state index contributed by atoms with van der Waals surface area (Å²) in [6.45, 7) is 2.28. The summed E-state index contributed by atoms with van der Waals surface area (Å²) in [6, 6.07) is 9.57. The van der Waals surface area contributed by atoms with Crippen molar-refractivity contribution in [3.8, 4) is 17.2 Å². The van der Waals surface area contributed by atoms with E-state index >= 15 is 0 Å². The number of phenolic OH excluding ortho intramolecular Hbond substituents is 1. The number of hydrogen-bond donors (Lipinski definition) is 2. The Hall–Kier alpha value is -3.07. The molecule has 13 heteroatoms. The molecule has 2 N–H and O–H groups in total. The second-order valence-electron chi connectivity index (χ2n) is 8.27. The number of carbonyl (C=O) groups excluding carboxylic acids is 3. The number of Topliss-reactive ketones (excluding diaryl/α,β-unsaturated/α-hetero) is 1. The van der Waals surface area contributed by atoms with Crippen molar-refractivity contribution < 1.29 is 37.4 Å². The number of benzene rings is 2. The van der Waals surface area contributed by atoms with Crippen molar-refractivity contribution >= 4 is 56.2 Å². The largest absolute Gasteiger partial charge is 0.506 e. The molecule has 1 aliphatic rings. The lowest BCUT2D eigenvalue weighted by Gasteiger charge is -2.22. The number of amides is 2. The second kappa shape index (κ2) is 12.4. The van der Waals surface area contributed by atoms with Crippen LogP contribution in [-0.4, -0.2) is 60.4 Å². The number of unbranched alkanes of at least 4 members (excludes halogenated alkanes) is 1. The fraction of sp³-hybridized carbons (Fsp3) is 0.375. The lowest BCUT2D eigenvalue weighted by atomic mass is 10.1. The van der Waals surface area contributed by atoms with Crippen molar-refractivity contribution in [3.05, 3.63) is 47.5 Å². The van der Waals surface area contributed by atoms with Gasteiger partial charge in [0.2, 0.25) is 5.91 Å². The van der Waals surface area contributed by atoms with E-state index in [2.05, 4.69) is 5.32 Å². The maximum atomic E-state index is 12.2. The fourth-order valence-corrected chi connectivity index (χ4v) is 6.50. The minimum absolute atomic E-state index is 0.0277. The maximum absolute atomic E-state index is 12.2. The van der Waals surface area contributed by atoms with Gasteiger partial charge in [0.05, 0.1) is 36.6 Å². The summed E-state index contributed by atoms with van der Waals surface area (Å²) in [5, 5.41) is 13.2. The molecule has 2 amide bonds. The molecule has 0 aliphatic carbocycles. The van der Waals surface area contributed by atoms with Crippen LogP contribution in [0.4, 0.5) is 5.69 Å². The Morgan fingerprint density at radius 2 is 1.89 bits per heavy atom. The highest BCUT2D eigenvalue weighted by Crippen LogP contribution is 2.36. The van der Waals surface area contributed by atoms with Crippen LogP contribution < -0.4 is 19.2 Å². The van der Waals surface area contributed by atoms with E-state index in [1.165, 1.54) is 26.2 Å². The quantitative estimate of drug-likeness (QED) is 0.155. The Morgan fingerprint density at radius 1 is 1.16 bits per heavy atom. The van der Waals surface area contributed by atoms with E-state index < -0.39 is 21.7 Å². The Morgan fingerprint density at radius 3 is 2.51 bits per heavy atom. The molecule has 0 bridgehead atoms. The molecular formula is C24H28IN3O8S. The Kier molecular flexibility index (Phi) is 9.59. The number of hydrogen-bond acceptors (Lipinski definition) is 8. The zero-order valence-corrected chi connectivity index (χ0v) is 23.4. The highest BCUT2D eigenvalue weighted by atomic mass is 127. The number of ether oxygens (including phenoxy) is 2. The van der Waals surface area contributed by atoms with Crippen LogP contribution in [0.2, 0.25) is 0 Å². The molecular weight excluding hydrogens is 617 g/mol. The van der Waals surface area contributed by atoms with Gasteiger partial charge in [-0.2, -0.15) is 7.64 Å². The number of rotatable bonds is 12. The van der Waals surface area contributed by atoms with Gasteiger partial charge in [0.25, 0.3) is 15.9 Å². The van der Waals surface area contributed by atoms with Crippen LogP contribution >= 0.6 is 22.9 Å². The minimum Gasteiger partial charge on any atom is -0.506 e. The van der Waals surface area contributed by atoms with Crippen molar-refractivity contribution in [1.29, 1.82) is 0 Å². The first kappa shape index (κ1) is 28.5. The number of anilines is 1. The van der Waals surface area contributed by atoms with Crippen LogP contribution in [-0.2, 0) is 26.0 Å². The number of methoxy groups -OCH3 is 1. The second-order valence-corrected chi connectivity index (χ2v) is 11.0. The molecule has 3 rings (SSSR count). The van der Waals surface area contributed by atoms with Gasteiger partial charge in [-0.1, -0.05) is 12.1 Å². The molecule has 1 heterocycles. The van der Waals surface area contributed by atoms with Crippen LogP contribution in [0.1, 0.15) is 42.1 Å². The van der Waals surface area contributed by atoms with Crippen molar-refractivity contribution in [2.75, 3.05) is 30.4 Å².